The minimum absolute atomic E-state index is 0. The molecule has 1 atom stereocenters. The maximum atomic E-state index is 11.9. The van der Waals surface area contributed by atoms with Crippen molar-refractivity contribution in [2.45, 2.75) is 39.7 Å². The Kier molecular flexibility index (Phi) is 6.50. The molecule has 0 saturated heterocycles. The molecule has 2 N–H and O–H groups in total. The molecule has 20 heavy (non-hydrogen) atoms. The molecule has 1 fully saturated rings. The molecule has 0 aromatic heterocycles. The van der Waals surface area contributed by atoms with Gasteiger partial charge < -0.3 is 10.6 Å². The van der Waals surface area contributed by atoms with Crippen molar-refractivity contribution in [3.05, 3.63) is 34.9 Å². The van der Waals surface area contributed by atoms with Crippen LogP contribution in [0.2, 0.25) is 0 Å². The molecule has 0 radical (unpaired) electrons. The molecule has 4 heteroatoms. The fourth-order valence-corrected chi connectivity index (χ4v) is 2.32. The van der Waals surface area contributed by atoms with Crippen molar-refractivity contribution in [3.63, 3.8) is 0 Å². The van der Waals surface area contributed by atoms with Gasteiger partial charge in [0.15, 0.2) is 0 Å². The van der Waals surface area contributed by atoms with Gasteiger partial charge in [0.05, 0.1) is 12.6 Å². The smallest absolute Gasteiger partial charge is 0.234 e. The normalized spacial score (nSPS) is 15.3. The van der Waals surface area contributed by atoms with Crippen molar-refractivity contribution in [2.24, 2.45) is 5.92 Å². The predicted octanol–water partition coefficient (Wildman–Crippen LogP) is 2.90. The molecular formula is C16H25ClN2O. The van der Waals surface area contributed by atoms with Gasteiger partial charge in [0.2, 0.25) is 5.91 Å². The highest BCUT2D eigenvalue weighted by Gasteiger charge is 2.20. The SMILES string of the molecule is Cc1cccc(C(C)NC(=O)CNCC2CC2)c1C.Cl. The van der Waals surface area contributed by atoms with Gasteiger partial charge in [0.1, 0.15) is 0 Å². The second-order valence-electron chi connectivity index (χ2n) is 5.65. The lowest BCUT2D eigenvalue weighted by Gasteiger charge is -2.18. The van der Waals surface area contributed by atoms with Gasteiger partial charge >= 0.3 is 0 Å². The van der Waals surface area contributed by atoms with E-state index in [-0.39, 0.29) is 24.4 Å². The Hall–Kier alpha value is -1.06. The van der Waals surface area contributed by atoms with E-state index in [2.05, 4.69) is 36.6 Å². The van der Waals surface area contributed by atoms with Crippen molar-refractivity contribution in [1.29, 1.82) is 0 Å². The zero-order valence-electron chi connectivity index (χ0n) is 12.5. The molecule has 1 aliphatic rings. The number of carbonyl (C=O) groups excluding carboxylic acids is 1. The predicted molar refractivity (Wildman–Crippen MR) is 85.3 cm³/mol. The summed E-state index contributed by atoms with van der Waals surface area (Å²) in [5.41, 5.74) is 3.74. The van der Waals surface area contributed by atoms with Crippen molar-refractivity contribution in [1.82, 2.24) is 10.6 Å². The van der Waals surface area contributed by atoms with Crippen molar-refractivity contribution < 1.29 is 4.79 Å². The van der Waals surface area contributed by atoms with E-state index in [9.17, 15) is 4.79 Å². The lowest BCUT2D eigenvalue weighted by Crippen LogP contribution is -2.36. The molecule has 1 unspecified atom stereocenters. The van der Waals surface area contributed by atoms with Crippen LogP contribution in [0.1, 0.15) is 42.5 Å². The summed E-state index contributed by atoms with van der Waals surface area (Å²) in [7, 11) is 0. The first-order valence-electron chi connectivity index (χ1n) is 7.14. The van der Waals surface area contributed by atoms with Gasteiger partial charge in [-0.15, -0.1) is 12.4 Å². The number of hydrogen-bond donors (Lipinski definition) is 2. The lowest BCUT2D eigenvalue weighted by molar-refractivity contribution is -0.120. The first kappa shape index (κ1) is 17.0. The first-order chi connectivity index (χ1) is 9.08. The molecule has 1 aromatic carbocycles. The molecular weight excluding hydrogens is 272 g/mol. The monoisotopic (exact) mass is 296 g/mol. The minimum Gasteiger partial charge on any atom is -0.348 e. The lowest BCUT2D eigenvalue weighted by atomic mass is 9.98. The van der Waals surface area contributed by atoms with Crippen molar-refractivity contribution in [2.75, 3.05) is 13.1 Å². The summed E-state index contributed by atoms with van der Waals surface area (Å²) in [6.45, 7) is 7.65. The minimum atomic E-state index is 0. The fraction of sp³-hybridized carbons (Fsp3) is 0.562. The van der Waals surface area contributed by atoms with Crippen LogP contribution in [0.5, 0.6) is 0 Å². The zero-order valence-corrected chi connectivity index (χ0v) is 13.3. The molecule has 1 aromatic rings. The van der Waals surface area contributed by atoms with E-state index in [1.807, 2.05) is 13.0 Å². The van der Waals surface area contributed by atoms with E-state index in [4.69, 9.17) is 0 Å². The highest BCUT2D eigenvalue weighted by Crippen LogP contribution is 2.27. The summed E-state index contributed by atoms with van der Waals surface area (Å²) in [6.07, 6.45) is 2.63. The Morgan fingerprint density at radius 2 is 2.05 bits per heavy atom. The Bertz CT molecular complexity index is 458. The Morgan fingerprint density at radius 1 is 1.35 bits per heavy atom. The van der Waals surface area contributed by atoms with Gasteiger partial charge in [0, 0.05) is 0 Å². The number of carbonyl (C=O) groups is 1. The third-order valence-corrected chi connectivity index (χ3v) is 3.91. The molecule has 1 aliphatic carbocycles. The molecule has 1 amide bonds. The van der Waals surface area contributed by atoms with Crippen molar-refractivity contribution in [3.8, 4) is 0 Å². The molecule has 1 saturated carbocycles. The van der Waals surface area contributed by atoms with E-state index in [0.29, 0.717) is 6.54 Å². The third kappa shape index (κ3) is 4.80. The second-order valence-corrected chi connectivity index (χ2v) is 5.65. The molecule has 0 bridgehead atoms. The van der Waals surface area contributed by atoms with Gasteiger partial charge in [0.25, 0.3) is 0 Å². The van der Waals surface area contributed by atoms with Crippen LogP contribution in [0.15, 0.2) is 18.2 Å². The maximum Gasteiger partial charge on any atom is 0.234 e. The molecule has 0 aliphatic heterocycles. The van der Waals surface area contributed by atoms with E-state index < -0.39 is 0 Å². The quantitative estimate of drug-likeness (QED) is 0.847. The average Bonchev–Trinajstić information content (AvgIpc) is 3.16. The highest BCUT2D eigenvalue weighted by molar-refractivity contribution is 5.85. The van der Waals surface area contributed by atoms with Gasteiger partial charge in [-0.3, -0.25) is 4.79 Å². The number of rotatable bonds is 6. The van der Waals surface area contributed by atoms with Gasteiger partial charge in [-0.1, -0.05) is 18.2 Å². The van der Waals surface area contributed by atoms with Crippen LogP contribution >= 0.6 is 12.4 Å². The molecule has 0 heterocycles. The first-order valence-corrected chi connectivity index (χ1v) is 7.14. The van der Waals surface area contributed by atoms with Crippen LogP contribution in [0, 0.1) is 19.8 Å². The Labute approximate surface area is 127 Å². The second kappa shape index (κ2) is 7.65. The van der Waals surface area contributed by atoms with Crippen LogP contribution in [-0.4, -0.2) is 19.0 Å². The third-order valence-electron chi connectivity index (χ3n) is 3.91. The number of nitrogens with one attached hydrogen (secondary N) is 2. The largest absolute Gasteiger partial charge is 0.348 e. The number of benzene rings is 1. The van der Waals surface area contributed by atoms with Crippen LogP contribution in [-0.2, 0) is 4.79 Å². The van der Waals surface area contributed by atoms with E-state index in [0.717, 1.165) is 12.5 Å². The molecule has 2 rings (SSSR count). The van der Waals surface area contributed by atoms with Crippen LogP contribution in [0.25, 0.3) is 0 Å². The summed E-state index contributed by atoms with van der Waals surface area (Å²) >= 11 is 0. The Balaban J connectivity index is 0.00000200. The molecule has 0 spiro atoms. The summed E-state index contributed by atoms with van der Waals surface area (Å²) < 4.78 is 0. The molecule has 112 valence electrons. The number of amides is 1. The van der Waals surface area contributed by atoms with Gasteiger partial charge in [-0.2, -0.15) is 0 Å². The highest BCUT2D eigenvalue weighted by atomic mass is 35.5. The number of halogens is 1. The summed E-state index contributed by atoms with van der Waals surface area (Å²) in [6, 6.07) is 6.30. The van der Waals surface area contributed by atoms with E-state index in [1.54, 1.807) is 0 Å². The van der Waals surface area contributed by atoms with Crippen LogP contribution < -0.4 is 10.6 Å². The fourth-order valence-electron chi connectivity index (χ4n) is 2.32. The number of hydrogen-bond acceptors (Lipinski definition) is 2. The van der Waals surface area contributed by atoms with Gasteiger partial charge in [-0.25, -0.2) is 0 Å². The number of aryl methyl sites for hydroxylation is 1. The van der Waals surface area contributed by atoms with E-state index in [1.165, 1.54) is 29.5 Å². The van der Waals surface area contributed by atoms with Crippen LogP contribution in [0.3, 0.4) is 0 Å². The van der Waals surface area contributed by atoms with Crippen molar-refractivity contribution >= 4 is 18.3 Å². The maximum absolute atomic E-state index is 11.9. The van der Waals surface area contributed by atoms with Crippen LogP contribution in [0.4, 0.5) is 0 Å². The average molecular weight is 297 g/mol. The Morgan fingerprint density at radius 3 is 2.70 bits per heavy atom. The van der Waals surface area contributed by atoms with Gasteiger partial charge in [-0.05, 0) is 62.8 Å². The van der Waals surface area contributed by atoms with E-state index >= 15 is 0 Å². The summed E-state index contributed by atoms with van der Waals surface area (Å²) in [5, 5.41) is 6.27. The molecule has 3 nitrogen and oxygen atoms in total. The topological polar surface area (TPSA) is 41.1 Å². The summed E-state index contributed by atoms with van der Waals surface area (Å²) in [4.78, 5) is 11.9. The standard InChI is InChI=1S/C16H24N2O.ClH/c1-11-5-4-6-15(12(11)2)13(3)18-16(19)10-17-9-14-7-8-14;/h4-6,13-14,17H,7-10H2,1-3H3,(H,18,19);1H. The zero-order chi connectivity index (χ0) is 13.8. The summed E-state index contributed by atoms with van der Waals surface area (Å²) in [5.74, 6) is 0.887.